The number of nitrogens with zero attached hydrogens (tertiary/aromatic N) is 2. The monoisotopic (exact) mass is 361 g/mol. The molecule has 0 bridgehead atoms. The molecule has 1 amide bonds. The molecule has 3 rings (SSSR count). The molecule has 1 unspecified atom stereocenters. The summed E-state index contributed by atoms with van der Waals surface area (Å²) in [6.45, 7) is 8.62. The van der Waals surface area contributed by atoms with Crippen LogP contribution in [0, 0.1) is 13.8 Å². The van der Waals surface area contributed by atoms with Crippen LogP contribution >= 0.6 is 0 Å². The first-order valence-electron chi connectivity index (χ1n) is 8.21. The molecule has 7 heteroatoms. The molecule has 1 aromatic carbocycles. The Morgan fingerprint density at radius 2 is 1.92 bits per heavy atom. The molecular formula is C18H23N3O3S. The standard InChI is InChI=1S/C16H17N3O3S.C2H6/c1-11-5-6-17-10-15(11)14-4-3-13(9-12(14)2)18-23(21)19-7-8-22-16(19)20;1-2/h3-6,9-10,18H,7-8H2,1-2H3;1-2H3. The van der Waals surface area contributed by atoms with E-state index >= 15 is 0 Å². The third-order valence-electron chi connectivity index (χ3n) is 3.68. The molecule has 0 radical (unpaired) electrons. The molecule has 134 valence electrons. The van der Waals surface area contributed by atoms with Gasteiger partial charge in [-0.1, -0.05) is 19.9 Å². The molecule has 1 saturated heterocycles. The predicted molar refractivity (Wildman–Crippen MR) is 100 cm³/mol. The predicted octanol–water partition coefficient (Wildman–Crippen LogP) is 3.83. The second-order valence-corrected chi connectivity index (χ2v) is 6.43. The number of aromatic nitrogens is 1. The Labute approximate surface area is 150 Å². The number of amides is 1. The largest absolute Gasteiger partial charge is 0.447 e. The SMILES string of the molecule is CC.Cc1cc(NS(=O)N2CCOC2=O)ccc1-c1cnccc1C. The van der Waals surface area contributed by atoms with Crippen LogP contribution in [-0.4, -0.2) is 32.7 Å². The quantitative estimate of drug-likeness (QED) is 0.898. The smallest absolute Gasteiger partial charge is 0.423 e. The summed E-state index contributed by atoms with van der Waals surface area (Å²) in [5, 5.41) is 0. The van der Waals surface area contributed by atoms with Crippen LogP contribution in [0.15, 0.2) is 36.7 Å². The van der Waals surface area contributed by atoms with Crippen molar-refractivity contribution < 1.29 is 13.7 Å². The first kappa shape index (κ1) is 18.9. The number of ether oxygens (including phenoxy) is 1. The van der Waals surface area contributed by atoms with E-state index < -0.39 is 17.3 Å². The molecule has 25 heavy (non-hydrogen) atoms. The number of carbonyl (C=O) groups is 1. The van der Waals surface area contributed by atoms with E-state index in [0.29, 0.717) is 12.2 Å². The van der Waals surface area contributed by atoms with Gasteiger partial charge in [-0.05, 0) is 48.7 Å². The molecule has 1 N–H and O–H groups in total. The second kappa shape index (κ2) is 8.62. The van der Waals surface area contributed by atoms with Crippen LogP contribution in [-0.2, 0) is 15.9 Å². The van der Waals surface area contributed by atoms with Gasteiger partial charge >= 0.3 is 6.09 Å². The van der Waals surface area contributed by atoms with Crippen molar-refractivity contribution in [2.45, 2.75) is 27.7 Å². The third kappa shape index (κ3) is 4.36. The molecule has 1 aromatic heterocycles. The van der Waals surface area contributed by atoms with Gasteiger partial charge in [-0.3, -0.25) is 9.71 Å². The molecule has 0 aliphatic carbocycles. The number of cyclic esters (lactones) is 1. The minimum atomic E-state index is -1.64. The maximum atomic E-state index is 12.2. The van der Waals surface area contributed by atoms with Gasteiger partial charge in [0.2, 0.25) is 11.2 Å². The number of benzene rings is 1. The number of nitrogens with one attached hydrogen (secondary N) is 1. The average molecular weight is 361 g/mol. The number of hydrogen-bond donors (Lipinski definition) is 1. The second-order valence-electron chi connectivity index (χ2n) is 5.29. The van der Waals surface area contributed by atoms with Gasteiger partial charge in [-0.2, -0.15) is 0 Å². The van der Waals surface area contributed by atoms with Crippen LogP contribution in [0.1, 0.15) is 25.0 Å². The van der Waals surface area contributed by atoms with E-state index in [-0.39, 0.29) is 6.61 Å². The van der Waals surface area contributed by atoms with Gasteiger partial charge in [0.05, 0.1) is 6.54 Å². The van der Waals surface area contributed by atoms with E-state index in [4.69, 9.17) is 4.74 Å². The summed E-state index contributed by atoms with van der Waals surface area (Å²) in [7, 11) is 0. The van der Waals surface area contributed by atoms with Crippen molar-refractivity contribution in [2.75, 3.05) is 17.9 Å². The highest BCUT2D eigenvalue weighted by Crippen LogP contribution is 2.28. The first-order chi connectivity index (χ1) is 12.1. The Balaban J connectivity index is 0.00000109. The van der Waals surface area contributed by atoms with Gasteiger partial charge in [0.15, 0.2) is 0 Å². The van der Waals surface area contributed by atoms with Crippen molar-refractivity contribution in [3.05, 3.63) is 47.8 Å². The number of rotatable bonds is 4. The Kier molecular flexibility index (Phi) is 6.52. The zero-order chi connectivity index (χ0) is 18.4. The number of carbonyl (C=O) groups excluding carboxylic acids is 1. The normalized spacial score (nSPS) is 14.4. The Bertz CT molecular complexity index is 780. The highest BCUT2D eigenvalue weighted by Gasteiger charge is 2.27. The number of anilines is 1. The van der Waals surface area contributed by atoms with Gasteiger partial charge in [0.25, 0.3) is 0 Å². The third-order valence-corrected chi connectivity index (χ3v) is 4.83. The summed E-state index contributed by atoms with van der Waals surface area (Å²) in [6, 6.07) is 7.67. The minimum Gasteiger partial charge on any atom is -0.447 e. The van der Waals surface area contributed by atoms with Gasteiger partial charge in [0, 0.05) is 23.6 Å². The summed E-state index contributed by atoms with van der Waals surface area (Å²) < 4.78 is 20.9. The fraction of sp³-hybridized carbons (Fsp3) is 0.333. The van der Waals surface area contributed by atoms with Gasteiger partial charge in [-0.15, -0.1) is 0 Å². The first-order valence-corrected chi connectivity index (χ1v) is 9.31. The van der Waals surface area contributed by atoms with Crippen molar-refractivity contribution in [2.24, 2.45) is 0 Å². The van der Waals surface area contributed by atoms with Crippen LogP contribution in [0.25, 0.3) is 11.1 Å². The number of hydrogen-bond acceptors (Lipinski definition) is 4. The molecule has 2 heterocycles. The lowest BCUT2D eigenvalue weighted by molar-refractivity contribution is 0.170. The summed E-state index contributed by atoms with van der Waals surface area (Å²) in [6.07, 6.45) is 3.04. The Morgan fingerprint density at radius 1 is 1.16 bits per heavy atom. The van der Waals surface area contributed by atoms with Crippen molar-refractivity contribution >= 4 is 23.0 Å². The molecule has 0 saturated carbocycles. The lowest BCUT2D eigenvalue weighted by Crippen LogP contribution is -2.31. The molecule has 1 aliphatic heterocycles. The molecule has 2 aromatic rings. The van der Waals surface area contributed by atoms with Crippen LogP contribution < -0.4 is 4.72 Å². The van der Waals surface area contributed by atoms with Crippen LogP contribution in [0.2, 0.25) is 0 Å². The van der Waals surface area contributed by atoms with E-state index in [0.717, 1.165) is 26.6 Å². The van der Waals surface area contributed by atoms with Crippen molar-refractivity contribution in [1.82, 2.24) is 9.29 Å². The zero-order valence-electron chi connectivity index (χ0n) is 14.9. The van der Waals surface area contributed by atoms with E-state index in [9.17, 15) is 9.00 Å². The number of pyridine rings is 1. The van der Waals surface area contributed by atoms with E-state index in [1.165, 1.54) is 0 Å². The van der Waals surface area contributed by atoms with E-state index in [1.807, 2.05) is 58.2 Å². The number of aryl methyl sites for hydroxylation is 2. The molecule has 0 spiro atoms. The van der Waals surface area contributed by atoms with Gasteiger partial charge in [0.1, 0.15) is 6.61 Å². The lowest BCUT2D eigenvalue weighted by Gasteiger charge is -2.15. The van der Waals surface area contributed by atoms with E-state index in [2.05, 4.69) is 9.71 Å². The van der Waals surface area contributed by atoms with Gasteiger partial charge in [-0.25, -0.2) is 13.3 Å². The maximum absolute atomic E-state index is 12.2. The van der Waals surface area contributed by atoms with Crippen LogP contribution in [0.3, 0.4) is 0 Å². The summed E-state index contributed by atoms with van der Waals surface area (Å²) in [4.78, 5) is 15.6. The van der Waals surface area contributed by atoms with Crippen LogP contribution in [0.5, 0.6) is 0 Å². The Hall–Kier alpha value is -2.41. The highest BCUT2D eigenvalue weighted by molar-refractivity contribution is 7.84. The fourth-order valence-electron chi connectivity index (χ4n) is 2.46. The fourth-order valence-corrected chi connectivity index (χ4v) is 3.33. The van der Waals surface area contributed by atoms with Crippen LogP contribution in [0.4, 0.5) is 10.5 Å². The summed E-state index contributed by atoms with van der Waals surface area (Å²) in [5.41, 5.74) is 5.01. The molecule has 1 fully saturated rings. The molecule has 1 aliphatic rings. The van der Waals surface area contributed by atoms with Crippen molar-refractivity contribution in [3.63, 3.8) is 0 Å². The topological polar surface area (TPSA) is 71.5 Å². The van der Waals surface area contributed by atoms with Gasteiger partial charge < -0.3 is 4.74 Å². The maximum Gasteiger partial charge on any atom is 0.423 e. The minimum absolute atomic E-state index is 0.268. The summed E-state index contributed by atoms with van der Waals surface area (Å²) >= 11 is -1.64. The lowest BCUT2D eigenvalue weighted by atomic mass is 9.98. The molecule has 1 atom stereocenters. The van der Waals surface area contributed by atoms with Crippen molar-refractivity contribution in [1.29, 1.82) is 0 Å². The molecular weight excluding hydrogens is 338 g/mol. The average Bonchev–Trinajstić information content (AvgIpc) is 3.04. The van der Waals surface area contributed by atoms with Crippen molar-refractivity contribution in [3.8, 4) is 11.1 Å². The highest BCUT2D eigenvalue weighted by atomic mass is 32.2. The molecule has 6 nitrogen and oxygen atoms in total. The Morgan fingerprint density at radius 3 is 2.52 bits per heavy atom. The zero-order valence-corrected chi connectivity index (χ0v) is 15.7. The van der Waals surface area contributed by atoms with E-state index in [1.54, 1.807) is 6.20 Å². The summed E-state index contributed by atoms with van der Waals surface area (Å²) in [5.74, 6) is 0.